The van der Waals surface area contributed by atoms with Crippen LogP contribution in [0.3, 0.4) is 0 Å². The highest BCUT2D eigenvalue weighted by molar-refractivity contribution is 7.43. The van der Waals surface area contributed by atoms with Crippen molar-refractivity contribution in [2.45, 2.75) is 24.5 Å². The van der Waals surface area contributed by atoms with E-state index in [2.05, 4.69) is 9.51 Å². The van der Waals surface area contributed by atoms with Crippen molar-refractivity contribution < 1.29 is 33.8 Å². The molecule has 0 saturated carbocycles. The van der Waals surface area contributed by atoms with Gasteiger partial charge in [0, 0.05) is 6.20 Å². The first-order chi connectivity index (χ1) is 9.69. The van der Waals surface area contributed by atoms with Gasteiger partial charge in [-0.05, 0) is 6.07 Å². The molecule has 1 aliphatic heterocycles. The lowest BCUT2D eigenvalue weighted by Gasteiger charge is -2.30. The molecule has 118 valence electrons. The number of nitrogen functional groups attached to an aromatic ring is 1. The molecule has 1 fully saturated rings. The van der Waals surface area contributed by atoms with E-state index in [1.165, 1.54) is 12.3 Å². The Hall–Kier alpha value is -1.33. The van der Waals surface area contributed by atoms with E-state index in [9.17, 15) is 29.4 Å². The highest BCUT2D eigenvalue weighted by Gasteiger charge is 2.44. The Bertz CT molecular complexity index is 615. The Kier molecular flexibility index (Phi) is 4.44. The topological polar surface area (TPSA) is 183 Å². The van der Waals surface area contributed by atoms with Crippen molar-refractivity contribution in [1.82, 2.24) is 9.55 Å². The maximum atomic E-state index is 11.6. The first-order valence-electron chi connectivity index (χ1n) is 5.72. The fraction of sp³-hybridized carbons (Fsp3) is 0.556. The minimum Gasteiger partial charge on any atom is -0.790 e. The van der Waals surface area contributed by atoms with Gasteiger partial charge in [0.1, 0.15) is 24.1 Å². The van der Waals surface area contributed by atoms with Crippen molar-refractivity contribution >= 4 is 13.6 Å². The molecule has 1 aliphatic rings. The minimum atomic E-state index is -5.24. The summed E-state index contributed by atoms with van der Waals surface area (Å²) in [6.45, 7) is -0.782. The van der Waals surface area contributed by atoms with Crippen LogP contribution < -0.4 is 21.2 Å². The molecule has 11 nitrogen and oxygen atoms in total. The Labute approximate surface area is 117 Å². The summed E-state index contributed by atoms with van der Waals surface area (Å²) in [6, 6.07) is 1.27. The zero-order valence-corrected chi connectivity index (χ0v) is 11.3. The Balaban J connectivity index is 2.16. The SMILES string of the molecule is Nc1ccn([C@H]2O[C@@H](COP(=O)([O-])[O-])[C@@H](O)[C@H]2O)c(=O)n1. The number of rotatable bonds is 4. The van der Waals surface area contributed by atoms with Crippen LogP contribution in [-0.2, 0) is 13.8 Å². The lowest BCUT2D eigenvalue weighted by molar-refractivity contribution is -0.343. The first-order valence-corrected chi connectivity index (χ1v) is 7.18. The fourth-order valence-corrected chi connectivity index (χ4v) is 2.21. The molecular formula is C9H12N3O8P-2. The molecule has 0 amide bonds. The number of hydrogen-bond donors (Lipinski definition) is 3. The first kappa shape index (κ1) is 16.0. The van der Waals surface area contributed by atoms with E-state index in [4.69, 9.17) is 10.5 Å². The van der Waals surface area contributed by atoms with E-state index in [0.29, 0.717) is 0 Å². The molecule has 0 bridgehead atoms. The van der Waals surface area contributed by atoms with Gasteiger partial charge >= 0.3 is 5.69 Å². The van der Waals surface area contributed by atoms with Gasteiger partial charge in [0.2, 0.25) is 0 Å². The van der Waals surface area contributed by atoms with Crippen LogP contribution in [0.15, 0.2) is 17.1 Å². The van der Waals surface area contributed by atoms with Crippen LogP contribution in [0, 0.1) is 0 Å². The average Bonchev–Trinajstić information content (AvgIpc) is 2.64. The largest absolute Gasteiger partial charge is 0.790 e. The molecule has 1 aromatic heterocycles. The highest BCUT2D eigenvalue weighted by Crippen LogP contribution is 2.32. The summed E-state index contributed by atoms with van der Waals surface area (Å²) >= 11 is 0. The number of aliphatic hydroxyl groups excluding tert-OH is 2. The van der Waals surface area contributed by atoms with Crippen LogP contribution in [0.1, 0.15) is 6.23 Å². The summed E-state index contributed by atoms with van der Waals surface area (Å²) in [7, 11) is -5.24. The van der Waals surface area contributed by atoms with Crippen molar-refractivity contribution in [1.29, 1.82) is 0 Å². The fourth-order valence-electron chi connectivity index (χ4n) is 1.88. The standard InChI is InChI=1S/C9H14N3O8P/c10-5-1-2-12(9(15)11-5)8-7(14)6(13)4(20-8)3-19-21(16,17)18/h1-2,4,6-8,13-14H,3H2,(H2,10,11,15)(H2,16,17,18)/p-2/t4-,6+,7+,8-/m0/s1. The predicted molar refractivity (Wildman–Crippen MR) is 62.4 cm³/mol. The van der Waals surface area contributed by atoms with Crippen molar-refractivity contribution in [3.8, 4) is 0 Å². The minimum absolute atomic E-state index is 0.0391. The second-order valence-electron chi connectivity index (χ2n) is 4.33. The number of ether oxygens (including phenoxy) is 1. The Morgan fingerprint density at radius 2 is 2.14 bits per heavy atom. The number of nitrogens with two attached hydrogens (primary N) is 1. The molecule has 0 aliphatic carbocycles. The van der Waals surface area contributed by atoms with E-state index in [-0.39, 0.29) is 5.82 Å². The molecule has 0 unspecified atom stereocenters. The molecule has 0 radical (unpaired) electrons. The van der Waals surface area contributed by atoms with E-state index < -0.39 is 44.7 Å². The molecule has 12 heteroatoms. The third-order valence-electron chi connectivity index (χ3n) is 2.86. The maximum Gasteiger partial charge on any atom is 0.351 e. The van der Waals surface area contributed by atoms with Gasteiger partial charge in [0.05, 0.1) is 14.4 Å². The van der Waals surface area contributed by atoms with Gasteiger partial charge in [-0.25, -0.2) is 4.79 Å². The Morgan fingerprint density at radius 1 is 1.48 bits per heavy atom. The molecule has 0 aromatic carbocycles. The zero-order valence-electron chi connectivity index (χ0n) is 10.4. The van der Waals surface area contributed by atoms with Crippen LogP contribution >= 0.6 is 7.82 Å². The maximum absolute atomic E-state index is 11.6. The van der Waals surface area contributed by atoms with Crippen LogP contribution in [0.25, 0.3) is 0 Å². The van der Waals surface area contributed by atoms with Gasteiger partial charge in [-0.15, -0.1) is 0 Å². The third kappa shape index (κ3) is 3.66. The van der Waals surface area contributed by atoms with Crippen LogP contribution in [0.5, 0.6) is 0 Å². The molecule has 4 atom stereocenters. The average molecular weight is 321 g/mol. The second kappa shape index (κ2) is 5.81. The van der Waals surface area contributed by atoms with Crippen LogP contribution in [0.4, 0.5) is 5.82 Å². The van der Waals surface area contributed by atoms with E-state index in [0.717, 1.165) is 4.57 Å². The number of anilines is 1. The quantitative estimate of drug-likeness (QED) is 0.466. The van der Waals surface area contributed by atoms with E-state index in [1.54, 1.807) is 0 Å². The van der Waals surface area contributed by atoms with Gasteiger partial charge in [-0.1, -0.05) is 0 Å². The molecule has 1 saturated heterocycles. The summed E-state index contributed by atoms with van der Waals surface area (Å²) in [5, 5.41) is 19.6. The van der Waals surface area contributed by atoms with Gasteiger partial charge in [0.15, 0.2) is 6.23 Å². The Morgan fingerprint density at radius 3 is 2.71 bits per heavy atom. The van der Waals surface area contributed by atoms with Gasteiger partial charge < -0.3 is 39.6 Å². The van der Waals surface area contributed by atoms with Crippen molar-refractivity contribution in [3.63, 3.8) is 0 Å². The molecule has 0 spiro atoms. The van der Waals surface area contributed by atoms with Gasteiger partial charge in [-0.3, -0.25) is 4.57 Å². The molecule has 21 heavy (non-hydrogen) atoms. The molecule has 2 rings (SSSR count). The summed E-state index contributed by atoms with van der Waals surface area (Å²) in [6.07, 6.45) is -4.51. The van der Waals surface area contributed by atoms with Crippen molar-refractivity contribution in [3.05, 3.63) is 22.7 Å². The van der Waals surface area contributed by atoms with Crippen LogP contribution in [0.2, 0.25) is 0 Å². The molecular weight excluding hydrogens is 309 g/mol. The number of phosphoric ester groups is 1. The van der Waals surface area contributed by atoms with Gasteiger partial charge in [-0.2, -0.15) is 4.98 Å². The van der Waals surface area contributed by atoms with E-state index in [1.807, 2.05) is 0 Å². The predicted octanol–water partition coefficient (Wildman–Crippen LogP) is -3.71. The summed E-state index contributed by atoms with van der Waals surface area (Å²) in [4.78, 5) is 35.8. The second-order valence-corrected chi connectivity index (χ2v) is 5.48. The van der Waals surface area contributed by atoms with Crippen molar-refractivity contribution in [2.75, 3.05) is 12.3 Å². The lowest BCUT2D eigenvalue weighted by atomic mass is 10.1. The number of aromatic nitrogens is 2. The number of nitrogens with zero attached hydrogens (tertiary/aromatic N) is 2. The van der Waals surface area contributed by atoms with Crippen LogP contribution in [-0.4, -0.2) is 44.7 Å². The summed E-state index contributed by atoms with van der Waals surface area (Å²) in [5.41, 5.74) is 4.49. The zero-order chi connectivity index (χ0) is 15.8. The smallest absolute Gasteiger partial charge is 0.351 e. The normalized spacial score (nSPS) is 29.7. The monoisotopic (exact) mass is 321 g/mol. The highest BCUT2D eigenvalue weighted by atomic mass is 31.2. The summed E-state index contributed by atoms with van der Waals surface area (Å²) < 4.78 is 20.4. The molecule has 1 aromatic rings. The molecule has 4 N–H and O–H groups in total. The van der Waals surface area contributed by atoms with Gasteiger partial charge in [0.25, 0.3) is 0 Å². The number of aliphatic hydroxyl groups is 2. The van der Waals surface area contributed by atoms with E-state index >= 15 is 0 Å². The number of hydrogen-bond acceptors (Lipinski definition) is 10. The van der Waals surface area contributed by atoms with Crippen molar-refractivity contribution in [2.24, 2.45) is 0 Å². The molecule has 2 heterocycles. The number of phosphoric acid groups is 1. The lowest BCUT2D eigenvalue weighted by Crippen LogP contribution is -2.36. The summed E-state index contributed by atoms with van der Waals surface area (Å²) in [5.74, 6) is -0.0391. The third-order valence-corrected chi connectivity index (χ3v) is 3.33.